The summed E-state index contributed by atoms with van der Waals surface area (Å²) in [5.74, 6) is -1.02. The van der Waals surface area contributed by atoms with Crippen LogP contribution in [-0.4, -0.2) is 56.0 Å². The van der Waals surface area contributed by atoms with E-state index in [4.69, 9.17) is 9.47 Å². The molecule has 2 aliphatic heterocycles. The van der Waals surface area contributed by atoms with Crippen LogP contribution in [0.25, 0.3) is 5.76 Å². The van der Waals surface area contributed by atoms with Crippen molar-refractivity contribution in [3.63, 3.8) is 0 Å². The van der Waals surface area contributed by atoms with E-state index < -0.39 is 23.5 Å². The predicted molar refractivity (Wildman–Crippen MR) is 144 cm³/mol. The number of nitrogens with one attached hydrogen (secondary N) is 1. The van der Waals surface area contributed by atoms with Crippen LogP contribution >= 0.6 is 11.3 Å². The number of morpholine rings is 1. The Hall–Kier alpha value is -3.46. The van der Waals surface area contributed by atoms with Crippen LogP contribution in [0.3, 0.4) is 0 Å². The average Bonchev–Trinajstić information content (AvgIpc) is 3.56. The lowest BCUT2D eigenvalue weighted by molar-refractivity contribution is -0.908. The first-order valence-corrected chi connectivity index (χ1v) is 13.9. The molecule has 3 heterocycles. The highest BCUT2D eigenvalue weighted by molar-refractivity contribution is 7.10. The van der Waals surface area contributed by atoms with Crippen LogP contribution < -0.4 is 14.7 Å². The summed E-state index contributed by atoms with van der Waals surface area (Å²) in [5.41, 5.74) is 2.26. The Kier molecular flexibility index (Phi) is 8.22. The molecule has 1 unspecified atom stereocenters. The van der Waals surface area contributed by atoms with Gasteiger partial charge in [-0.2, -0.15) is 0 Å². The molecule has 38 heavy (non-hydrogen) atoms. The number of amides is 1. The van der Waals surface area contributed by atoms with Crippen LogP contribution in [0.2, 0.25) is 0 Å². The summed E-state index contributed by atoms with van der Waals surface area (Å²) in [6.07, 6.45) is 0.754. The van der Waals surface area contributed by atoms with Crippen molar-refractivity contribution in [2.45, 2.75) is 26.0 Å². The molecule has 2 aromatic carbocycles. The highest BCUT2D eigenvalue weighted by atomic mass is 32.1. The minimum absolute atomic E-state index is 0.0357. The fourth-order valence-electron chi connectivity index (χ4n) is 5.10. The summed E-state index contributed by atoms with van der Waals surface area (Å²) >= 11 is 1.46. The van der Waals surface area contributed by atoms with E-state index in [1.165, 1.54) is 16.2 Å². The first kappa shape index (κ1) is 26.2. The number of carbonyl (C=O) groups is 2. The number of hydrogen-bond acceptors (Lipinski definition) is 6. The zero-order valence-electron chi connectivity index (χ0n) is 21.5. The topological polar surface area (TPSA) is 83.3 Å². The van der Waals surface area contributed by atoms with Crippen LogP contribution in [-0.2, 0) is 20.9 Å². The molecule has 3 aromatic rings. The molecule has 2 fully saturated rings. The molecule has 1 amide bonds. The fraction of sp³-hybridized carbons (Fsp3) is 0.333. The van der Waals surface area contributed by atoms with Crippen LogP contribution in [0.5, 0.6) is 5.75 Å². The number of likely N-dealkylation sites (tertiary alicyclic amines) is 1. The van der Waals surface area contributed by atoms with Gasteiger partial charge in [0.25, 0.3) is 5.91 Å². The van der Waals surface area contributed by atoms with Gasteiger partial charge in [-0.1, -0.05) is 48.2 Å². The highest BCUT2D eigenvalue weighted by Crippen LogP contribution is 2.40. The van der Waals surface area contributed by atoms with E-state index in [1.807, 2.05) is 54.8 Å². The third-order valence-electron chi connectivity index (χ3n) is 7.15. The molecule has 1 N–H and O–H groups in total. The number of ether oxygens (including phenoxy) is 2. The Morgan fingerprint density at radius 2 is 1.89 bits per heavy atom. The summed E-state index contributed by atoms with van der Waals surface area (Å²) in [7, 11) is 0. The maximum atomic E-state index is 13.7. The van der Waals surface area contributed by atoms with Gasteiger partial charge in [0.1, 0.15) is 25.4 Å². The first-order chi connectivity index (χ1) is 18.5. The van der Waals surface area contributed by atoms with E-state index in [9.17, 15) is 14.7 Å². The number of Topliss-reactive ketones (excluding diaryl/α,β-unsaturated/α-hetero) is 1. The SMILES string of the molecule is Cc1cc(C([O-])=C2C(=O)C(=O)N(CCC[NH+]3CCOCC3)C2c2cccs2)ccc1OCc1ccccc1. The maximum absolute atomic E-state index is 13.7. The molecule has 0 radical (unpaired) electrons. The number of quaternary nitrogens is 1. The number of thiophene rings is 1. The van der Waals surface area contributed by atoms with E-state index in [-0.39, 0.29) is 5.57 Å². The van der Waals surface area contributed by atoms with Gasteiger partial charge >= 0.3 is 0 Å². The van der Waals surface area contributed by atoms with Gasteiger partial charge in [0.2, 0.25) is 5.78 Å². The van der Waals surface area contributed by atoms with Gasteiger partial charge in [-0.25, -0.2) is 0 Å². The number of carbonyl (C=O) groups excluding carboxylic acids is 2. The van der Waals surface area contributed by atoms with Crippen LogP contribution in [0.15, 0.2) is 71.6 Å². The van der Waals surface area contributed by atoms with Crippen molar-refractivity contribution in [2.24, 2.45) is 0 Å². The molecule has 0 aliphatic carbocycles. The standard InChI is InChI=1S/C30H32N2O5S/c1-21-19-23(10-11-24(21)37-20-22-7-3-2-4-8-22)28(33)26-27(25-9-5-18-38-25)32(30(35)29(26)34)13-6-12-31-14-16-36-17-15-31/h2-5,7-11,18-19,27,33H,6,12-17,20H2,1H3. The van der Waals surface area contributed by atoms with Crippen molar-refractivity contribution < 1.29 is 29.1 Å². The third-order valence-corrected chi connectivity index (χ3v) is 8.07. The van der Waals surface area contributed by atoms with Crippen molar-refractivity contribution in [3.8, 4) is 5.75 Å². The average molecular weight is 533 g/mol. The Balaban J connectivity index is 1.38. The predicted octanol–water partition coefficient (Wildman–Crippen LogP) is 2.16. The van der Waals surface area contributed by atoms with Gasteiger partial charge < -0.3 is 24.4 Å². The van der Waals surface area contributed by atoms with Crippen LogP contribution in [0.4, 0.5) is 0 Å². The number of rotatable bonds is 9. The number of ketones is 1. The third kappa shape index (κ3) is 5.67. The molecule has 2 saturated heterocycles. The van der Waals surface area contributed by atoms with E-state index in [0.717, 1.165) is 55.3 Å². The number of nitrogens with zero attached hydrogens (tertiary/aromatic N) is 1. The summed E-state index contributed by atoms with van der Waals surface area (Å²) in [5, 5.41) is 15.6. The summed E-state index contributed by atoms with van der Waals surface area (Å²) in [4.78, 5) is 30.2. The molecule has 0 bridgehead atoms. The summed E-state index contributed by atoms with van der Waals surface area (Å²) in [6, 6.07) is 18.2. The van der Waals surface area contributed by atoms with E-state index in [2.05, 4.69) is 0 Å². The lowest BCUT2D eigenvalue weighted by Gasteiger charge is -2.28. The Labute approximate surface area is 226 Å². The molecule has 2 aliphatic rings. The largest absolute Gasteiger partial charge is 0.872 e. The fourth-order valence-corrected chi connectivity index (χ4v) is 5.94. The monoisotopic (exact) mass is 532 g/mol. The number of benzene rings is 2. The van der Waals surface area contributed by atoms with Crippen molar-refractivity contribution in [1.82, 2.24) is 4.90 Å². The molecule has 8 heteroatoms. The van der Waals surface area contributed by atoms with Gasteiger partial charge in [0.05, 0.1) is 25.8 Å². The maximum Gasteiger partial charge on any atom is 0.295 e. The normalized spacial score (nSPS) is 19.7. The zero-order valence-corrected chi connectivity index (χ0v) is 22.3. The molecule has 0 spiro atoms. The molecule has 198 valence electrons. The van der Waals surface area contributed by atoms with Crippen molar-refractivity contribution in [1.29, 1.82) is 0 Å². The number of hydrogen-bond donors (Lipinski definition) is 1. The Morgan fingerprint density at radius 3 is 2.61 bits per heavy atom. The molecule has 1 atom stereocenters. The van der Waals surface area contributed by atoms with E-state index in [1.54, 1.807) is 23.1 Å². The second-order valence-corrected chi connectivity index (χ2v) is 10.7. The quantitative estimate of drug-likeness (QED) is 0.260. The second kappa shape index (κ2) is 11.9. The summed E-state index contributed by atoms with van der Waals surface area (Å²) in [6.45, 7) is 7.00. The van der Waals surface area contributed by atoms with Crippen LogP contribution in [0, 0.1) is 6.92 Å². The molecular weight excluding hydrogens is 500 g/mol. The van der Waals surface area contributed by atoms with Crippen molar-refractivity contribution >= 4 is 28.8 Å². The van der Waals surface area contributed by atoms with Gasteiger partial charge in [0.15, 0.2) is 0 Å². The molecule has 5 rings (SSSR count). The van der Waals surface area contributed by atoms with Gasteiger partial charge in [-0.3, -0.25) is 9.59 Å². The van der Waals surface area contributed by atoms with Crippen molar-refractivity contribution in [2.75, 3.05) is 39.4 Å². The summed E-state index contributed by atoms with van der Waals surface area (Å²) < 4.78 is 11.4. The molecule has 0 saturated carbocycles. The molecular formula is C30H32N2O5S. The minimum atomic E-state index is -0.700. The molecule has 1 aromatic heterocycles. The van der Waals surface area contributed by atoms with Crippen molar-refractivity contribution in [3.05, 3.63) is 93.2 Å². The van der Waals surface area contributed by atoms with Gasteiger partial charge in [-0.05, 0) is 47.2 Å². The Morgan fingerprint density at radius 1 is 1.11 bits per heavy atom. The molecule has 7 nitrogen and oxygen atoms in total. The first-order valence-electron chi connectivity index (χ1n) is 13.0. The Bertz CT molecular complexity index is 1300. The number of aryl methyl sites for hydroxylation is 1. The van der Waals surface area contributed by atoms with Gasteiger partial charge in [-0.15, -0.1) is 11.3 Å². The lowest BCUT2D eigenvalue weighted by Crippen LogP contribution is -3.14. The van der Waals surface area contributed by atoms with Crippen LogP contribution in [0.1, 0.15) is 34.0 Å². The zero-order chi connectivity index (χ0) is 26.5. The second-order valence-electron chi connectivity index (χ2n) is 9.71. The van der Waals surface area contributed by atoms with E-state index in [0.29, 0.717) is 24.5 Å². The smallest absolute Gasteiger partial charge is 0.295 e. The highest BCUT2D eigenvalue weighted by Gasteiger charge is 2.44. The van der Waals surface area contributed by atoms with Gasteiger partial charge in [0, 0.05) is 23.4 Å². The minimum Gasteiger partial charge on any atom is -0.872 e. The lowest BCUT2D eigenvalue weighted by atomic mass is 9.98. The van der Waals surface area contributed by atoms with E-state index >= 15 is 0 Å².